The molecule has 0 fully saturated rings. The Morgan fingerprint density at radius 2 is 1.14 bits per heavy atom. The number of benzene rings is 1. The van der Waals surface area contributed by atoms with E-state index in [1.165, 1.54) is 0 Å². The van der Waals surface area contributed by atoms with Gasteiger partial charge in [0.2, 0.25) is 0 Å². The van der Waals surface area contributed by atoms with Gasteiger partial charge >= 0.3 is 0 Å². The molecule has 1 aromatic carbocycles. The third kappa shape index (κ3) is 4.79. The third-order valence-electron chi connectivity index (χ3n) is 4.13. The fourth-order valence-electron chi connectivity index (χ4n) is 2.34. The van der Waals surface area contributed by atoms with E-state index >= 15 is 0 Å². The van der Waals surface area contributed by atoms with Crippen LogP contribution < -0.4 is 0 Å². The monoisotopic (exact) mass is 302 g/mol. The molecule has 0 amide bonds. The molecule has 0 spiro atoms. The molecule has 22 heavy (non-hydrogen) atoms. The van der Waals surface area contributed by atoms with E-state index in [-0.39, 0.29) is 22.4 Å². The molecule has 0 aliphatic carbocycles. The summed E-state index contributed by atoms with van der Waals surface area (Å²) in [4.78, 5) is 24.5. The number of Topliss-reactive ketones (excluding diaryl/α,β-unsaturated/α-hetero) is 2. The molecule has 0 bridgehead atoms. The zero-order valence-corrected chi connectivity index (χ0v) is 15.4. The highest BCUT2D eigenvalue weighted by Gasteiger charge is 2.24. The summed E-state index contributed by atoms with van der Waals surface area (Å²) in [6, 6.07) is 4.11. The maximum Gasteiger partial charge on any atom is 0.142 e. The van der Waals surface area contributed by atoms with Crippen molar-refractivity contribution in [3.05, 3.63) is 34.4 Å². The molecule has 0 aromatic heterocycles. The molecule has 0 saturated heterocycles. The van der Waals surface area contributed by atoms with Crippen molar-refractivity contribution in [2.24, 2.45) is 10.8 Å². The van der Waals surface area contributed by atoms with Gasteiger partial charge in [-0.2, -0.15) is 0 Å². The summed E-state index contributed by atoms with van der Waals surface area (Å²) < 4.78 is 0. The van der Waals surface area contributed by atoms with E-state index in [9.17, 15) is 9.59 Å². The second kappa shape index (κ2) is 6.36. The predicted octanol–water partition coefficient (Wildman–Crippen LogP) is 4.62. The molecule has 122 valence electrons. The maximum atomic E-state index is 12.3. The normalized spacial score (nSPS) is 12.4. The van der Waals surface area contributed by atoms with Crippen molar-refractivity contribution in [1.82, 2.24) is 0 Å². The highest BCUT2D eigenvalue weighted by molar-refractivity contribution is 5.87. The second-order valence-electron chi connectivity index (χ2n) is 8.41. The highest BCUT2D eigenvalue weighted by Crippen LogP contribution is 2.24. The summed E-state index contributed by atoms with van der Waals surface area (Å²) in [5.74, 6) is 0.488. The molecule has 2 nitrogen and oxygen atoms in total. The lowest BCUT2D eigenvalue weighted by atomic mass is 9.83. The number of carbonyl (C=O) groups excluding carboxylic acids is 2. The SMILES string of the molecule is Cc1cc(CC(=O)C(C)(C)C)cc(C)c1CC(=O)C(C)(C)C. The Bertz CT molecular complexity index is 558. The number of hydrogen-bond donors (Lipinski definition) is 0. The molecule has 1 rings (SSSR count). The molecule has 0 aliphatic rings. The van der Waals surface area contributed by atoms with Gasteiger partial charge in [-0.3, -0.25) is 9.59 Å². The Morgan fingerprint density at radius 3 is 1.50 bits per heavy atom. The van der Waals surface area contributed by atoms with Crippen molar-refractivity contribution in [3.63, 3.8) is 0 Å². The lowest BCUT2D eigenvalue weighted by Crippen LogP contribution is -2.23. The number of aryl methyl sites for hydroxylation is 2. The number of hydrogen-bond acceptors (Lipinski definition) is 2. The molecule has 0 N–H and O–H groups in total. The van der Waals surface area contributed by atoms with Crippen LogP contribution in [0, 0.1) is 24.7 Å². The predicted molar refractivity (Wildman–Crippen MR) is 92.2 cm³/mol. The van der Waals surface area contributed by atoms with Gasteiger partial charge in [0.05, 0.1) is 0 Å². The fourth-order valence-corrected chi connectivity index (χ4v) is 2.34. The first-order valence-electron chi connectivity index (χ1n) is 7.98. The number of rotatable bonds is 4. The van der Waals surface area contributed by atoms with Gasteiger partial charge in [-0.15, -0.1) is 0 Å². The van der Waals surface area contributed by atoms with Gasteiger partial charge in [-0.1, -0.05) is 53.7 Å². The molecule has 0 aliphatic heterocycles. The van der Waals surface area contributed by atoms with E-state index in [2.05, 4.69) is 12.1 Å². The molecule has 2 heteroatoms. The standard InChI is InChI=1S/C20H30O2/c1-13-9-15(11-17(21)19(3,4)5)10-14(2)16(13)12-18(22)20(6,7)8/h9-10H,11-12H2,1-8H3. The van der Waals surface area contributed by atoms with Gasteiger partial charge < -0.3 is 0 Å². The average Bonchev–Trinajstić information content (AvgIpc) is 2.31. The lowest BCUT2D eigenvalue weighted by molar-refractivity contribution is -0.126. The Kier molecular flexibility index (Phi) is 5.38. The van der Waals surface area contributed by atoms with Crippen LogP contribution in [0.1, 0.15) is 63.8 Å². The summed E-state index contributed by atoms with van der Waals surface area (Å²) in [5.41, 5.74) is 3.72. The first-order valence-corrected chi connectivity index (χ1v) is 7.98. The van der Waals surface area contributed by atoms with E-state index < -0.39 is 0 Å². The molecule has 1 aromatic rings. The van der Waals surface area contributed by atoms with Crippen LogP contribution in [0.4, 0.5) is 0 Å². The Labute approximate surface area is 135 Å². The molecule has 0 unspecified atom stereocenters. The molecular formula is C20H30O2. The van der Waals surface area contributed by atoms with Crippen LogP contribution >= 0.6 is 0 Å². The topological polar surface area (TPSA) is 34.1 Å². The van der Waals surface area contributed by atoms with E-state index in [0.29, 0.717) is 12.8 Å². The van der Waals surface area contributed by atoms with Crippen molar-refractivity contribution in [2.75, 3.05) is 0 Å². The van der Waals surface area contributed by atoms with E-state index in [4.69, 9.17) is 0 Å². The van der Waals surface area contributed by atoms with E-state index in [0.717, 1.165) is 22.3 Å². The first-order chi connectivity index (χ1) is 9.82. The van der Waals surface area contributed by atoms with Crippen LogP contribution in [-0.2, 0) is 22.4 Å². The number of carbonyl (C=O) groups is 2. The lowest BCUT2D eigenvalue weighted by Gasteiger charge is -2.20. The molecule has 0 saturated carbocycles. The summed E-state index contributed by atoms with van der Waals surface area (Å²) in [5, 5.41) is 0. The zero-order chi connectivity index (χ0) is 17.3. The first kappa shape index (κ1) is 18.6. The minimum atomic E-state index is -0.320. The quantitative estimate of drug-likeness (QED) is 0.813. The van der Waals surface area contributed by atoms with Crippen LogP contribution in [0.2, 0.25) is 0 Å². The summed E-state index contributed by atoms with van der Waals surface area (Å²) in [6.45, 7) is 15.8. The number of ketones is 2. The van der Waals surface area contributed by atoms with Gasteiger partial charge in [0.1, 0.15) is 11.6 Å². The third-order valence-corrected chi connectivity index (χ3v) is 4.13. The largest absolute Gasteiger partial charge is 0.299 e. The second-order valence-corrected chi connectivity index (χ2v) is 8.41. The van der Waals surface area contributed by atoms with Gasteiger partial charge in [-0.25, -0.2) is 0 Å². The minimum absolute atomic E-state index is 0.241. The van der Waals surface area contributed by atoms with Crippen LogP contribution in [-0.4, -0.2) is 11.6 Å². The van der Waals surface area contributed by atoms with E-state index in [1.807, 2.05) is 55.4 Å². The van der Waals surface area contributed by atoms with Gasteiger partial charge in [-0.05, 0) is 36.1 Å². The van der Waals surface area contributed by atoms with Crippen LogP contribution in [0.3, 0.4) is 0 Å². The minimum Gasteiger partial charge on any atom is -0.299 e. The van der Waals surface area contributed by atoms with Gasteiger partial charge in [0, 0.05) is 23.7 Å². The van der Waals surface area contributed by atoms with Crippen molar-refractivity contribution in [3.8, 4) is 0 Å². The Hall–Kier alpha value is -1.44. The smallest absolute Gasteiger partial charge is 0.142 e. The van der Waals surface area contributed by atoms with E-state index in [1.54, 1.807) is 0 Å². The average molecular weight is 302 g/mol. The fraction of sp³-hybridized carbons (Fsp3) is 0.600. The zero-order valence-electron chi connectivity index (χ0n) is 15.4. The molecule has 0 radical (unpaired) electrons. The molecule has 0 atom stereocenters. The van der Waals surface area contributed by atoms with Crippen molar-refractivity contribution in [1.29, 1.82) is 0 Å². The molecule has 0 heterocycles. The van der Waals surface area contributed by atoms with Gasteiger partial charge in [0.25, 0.3) is 0 Å². The molecular weight excluding hydrogens is 272 g/mol. The van der Waals surface area contributed by atoms with Crippen molar-refractivity contribution < 1.29 is 9.59 Å². The van der Waals surface area contributed by atoms with Crippen LogP contribution in [0.5, 0.6) is 0 Å². The van der Waals surface area contributed by atoms with Crippen LogP contribution in [0.25, 0.3) is 0 Å². The highest BCUT2D eigenvalue weighted by atomic mass is 16.1. The summed E-state index contributed by atoms with van der Waals surface area (Å²) >= 11 is 0. The maximum absolute atomic E-state index is 12.3. The summed E-state index contributed by atoms with van der Waals surface area (Å²) in [6.07, 6.45) is 0.924. The van der Waals surface area contributed by atoms with Crippen molar-refractivity contribution in [2.45, 2.75) is 68.2 Å². The van der Waals surface area contributed by atoms with Crippen molar-refractivity contribution >= 4 is 11.6 Å². The Balaban J connectivity index is 3.03. The van der Waals surface area contributed by atoms with Crippen LogP contribution in [0.15, 0.2) is 12.1 Å². The van der Waals surface area contributed by atoms with Gasteiger partial charge in [0.15, 0.2) is 0 Å². The summed E-state index contributed by atoms with van der Waals surface area (Å²) in [7, 11) is 0. The Morgan fingerprint density at radius 1 is 0.773 bits per heavy atom.